The van der Waals surface area contributed by atoms with Crippen LogP contribution in [0.25, 0.3) is 0 Å². The lowest BCUT2D eigenvalue weighted by Crippen LogP contribution is -1.94. The molecule has 0 nitrogen and oxygen atoms in total. The lowest BCUT2D eigenvalue weighted by atomic mass is 10.0. The molecule has 1 aliphatic carbocycles. The molecule has 9 heavy (non-hydrogen) atoms. The molecule has 0 unspecified atom stereocenters. The van der Waals surface area contributed by atoms with E-state index in [1.54, 1.807) is 0 Å². The summed E-state index contributed by atoms with van der Waals surface area (Å²) in [6.07, 6.45) is 3.19. The zero-order valence-electron chi connectivity index (χ0n) is 5.20. The number of rotatable bonds is 0. The summed E-state index contributed by atoms with van der Waals surface area (Å²) in [4.78, 5) is 0. The zero-order chi connectivity index (χ0) is 6.85. The Morgan fingerprint density at radius 3 is 2.56 bits per heavy atom. The molecule has 0 spiro atoms. The molecule has 0 aromatic heterocycles. The average Bonchev–Trinajstić information content (AvgIpc) is 1.80. The van der Waals surface area contributed by atoms with Gasteiger partial charge in [-0.1, -0.05) is 6.92 Å². The van der Waals surface area contributed by atoms with Crippen LogP contribution >= 0.6 is 0 Å². The van der Waals surface area contributed by atoms with Gasteiger partial charge in [0.1, 0.15) is 0 Å². The second kappa shape index (κ2) is 2.29. The SMILES string of the molecule is C[C@@H]1C=C(F)C(F)=CC1. The molecular weight excluding hydrogens is 122 g/mol. The third kappa shape index (κ3) is 1.37. The van der Waals surface area contributed by atoms with Gasteiger partial charge in [0.25, 0.3) is 0 Å². The minimum atomic E-state index is -0.715. The van der Waals surface area contributed by atoms with Crippen molar-refractivity contribution < 1.29 is 8.78 Å². The number of halogens is 2. The number of hydrogen-bond donors (Lipinski definition) is 0. The van der Waals surface area contributed by atoms with Gasteiger partial charge in [0.15, 0.2) is 11.7 Å². The van der Waals surface area contributed by atoms with Crippen molar-refractivity contribution in [2.24, 2.45) is 5.92 Å². The quantitative estimate of drug-likeness (QED) is 0.473. The Hall–Kier alpha value is -0.660. The lowest BCUT2D eigenvalue weighted by Gasteiger charge is -2.07. The van der Waals surface area contributed by atoms with E-state index in [0.717, 1.165) is 0 Å². The van der Waals surface area contributed by atoms with E-state index in [0.29, 0.717) is 6.42 Å². The van der Waals surface area contributed by atoms with Crippen LogP contribution < -0.4 is 0 Å². The molecule has 0 N–H and O–H groups in total. The van der Waals surface area contributed by atoms with E-state index >= 15 is 0 Å². The maximum absolute atomic E-state index is 12.2. The van der Waals surface area contributed by atoms with Crippen molar-refractivity contribution in [1.29, 1.82) is 0 Å². The van der Waals surface area contributed by atoms with E-state index in [1.807, 2.05) is 6.92 Å². The molecule has 0 aromatic carbocycles. The molecule has 0 fully saturated rings. The van der Waals surface area contributed by atoms with Crippen LogP contribution in [-0.2, 0) is 0 Å². The lowest BCUT2D eigenvalue weighted by molar-refractivity contribution is 0.511. The fraction of sp³-hybridized carbons (Fsp3) is 0.429. The summed E-state index contributed by atoms with van der Waals surface area (Å²) in [6.45, 7) is 1.85. The average molecular weight is 130 g/mol. The van der Waals surface area contributed by atoms with Crippen LogP contribution in [0.5, 0.6) is 0 Å². The molecule has 0 aliphatic heterocycles. The van der Waals surface area contributed by atoms with Crippen molar-refractivity contribution in [2.75, 3.05) is 0 Å². The van der Waals surface area contributed by atoms with Gasteiger partial charge in [0.05, 0.1) is 0 Å². The maximum Gasteiger partial charge on any atom is 0.154 e. The highest BCUT2D eigenvalue weighted by Crippen LogP contribution is 2.23. The summed E-state index contributed by atoms with van der Waals surface area (Å²) in [7, 11) is 0. The third-order valence-electron chi connectivity index (χ3n) is 1.33. The van der Waals surface area contributed by atoms with E-state index in [4.69, 9.17) is 0 Å². The number of hydrogen-bond acceptors (Lipinski definition) is 0. The van der Waals surface area contributed by atoms with Gasteiger partial charge in [-0.3, -0.25) is 0 Å². The molecule has 0 saturated heterocycles. The molecule has 0 saturated carbocycles. The van der Waals surface area contributed by atoms with E-state index in [1.165, 1.54) is 12.2 Å². The Morgan fingerprint density at radius 1 is 1.44 bits per heavy atom. The first-order chi connectivity index (χ1) is 4.20. The molecule has 0 aromatic rings. The number of allylic oxidation sites excluding steroid dienone is 4. The maximum atomic E-state index is 12.2. The molecule has 0 radical (unpaired) electrons. The Balaban J connectivity index is 2.75. The first kappa shape index (κ1) is 6.46. The first-order valence-electron chi connectivity index (χ1n) is 2.93. The molecule has 1 atom stereocenters. The van der Waals surface area contributed by atoms with Crippen molar-refractivity contribution in [1.82, 2.24) is 0 Å². The van der Waals surface area contributed by atoms with Crippen LogP contribution in [0.2, 0.25) is 0 Å². The minimum Gasteiger partial charge on any atom is -0.204 e. The standard InChI is InChI=1S/C7H8F2/c1-5-2-3-6(8)7(9)4-5/h3-5H,2H2,1H3/t5-/m0/s1. The molecular formula is C7H8F2. The summed E-state index contributed by atoms with van der Waals surface area (Å²) in [5.74, 6) is -1.29. The van der Waals surface area contributed by atoms with E-state index in [9.17, 15) is 8.78 Å². The van der Waals surface area contributed by atoms with Gasteiger partial charge in [-0.2, -0.15) is 0 Å². The summed E-state index contributed by atoms with van der Waals surface area (Å²) >= 11 is 0. The Kier molecular flexibility index (Phi) is 1.65. The molecule has 50 valence electrons. The topological polar surface area (TPSA) is 0 Å². The highest BCUT2D eigenvalue weighted by Gasteiger charge is 2.10. The van der Waals surface area contributed by atoms with Crippen LogP contribution in [0, 0.1) is 5.92 Å². The highest BCUT2D eigenvalue weighted by atomic mass is 19.2. The first-order valence-corrected chi connectivity index (χ1v) is 2.93. The molecule has 0 heterocycles. The molecule has 0 bridgehead atoms. The van der Waals surface area contributed by atoms with E-state index in [2.05, 4.69) is 0 Å². The molecule has 1 rings (SSSR count). The smallest absolute Gasteiger partial charge is 0.154 e. The monoisotopic (exact) mass is 130 g/mol. The molecule has 2 heteroatoms. The van der Waals surface area contributed by atoms with Gasteiger partial charge in [-0.25, -0.2) is 8.78 Å². The van der Waals surface area contributed by atoms with Gasteiger partial charge in [-0.15, -0.1) is 0 Å². The minimum absolute atomic E-state index is 0.143. The van der Waals surface area contributed by atoms with Crippen molar-refractivity contribution in [3.8, 4) is 0 Å². The van der Waals surface area contributed by atoms with Gasteiger partial charge >= 0.3 is 0 Å². The predicted octanol–water partition coefficient (Wildman–Crippen LogP) is 2.73. The van der Waals surface area contributed by atoms with Crippen LogP contribution in [-0.4, -0.2) is 0 Å². The summed E-state index contributed by atoms with van der Waals surface area (Å²) in [5, 5.41) is 0. The van der Waals surface area contributed by atoms with E-state index < -0.39 is 11.7 Å². The fourth-order valence-corrected chi connectivity index (χ4v) is 0.784. The zero-order valence-corrected chi connectivity index (χ0v) is 5.20. The van der Waals surface area contributed by atoms with Crippen molar-refractivity contribution in [3.63, 3.8) is 0 Å². The second-order valence-electron chi connectivity index (χ2n) is 2.28. The predicted molar refractivity (Wildman–Crippen MR) is 32.2 cm³/mol. The highest BCUT2D eigenvalue weighted by molar-refractivity contribution is 5.23. The summed E-state index contributed by atoms with van der Waals surface area (Å²) in [6, 6.07) is 0. The Labute approximate surface area is 52.9 Å². The summed E-state index contributed by atoms with van der Waals surface area (Å²) < 4.78 is 24.4. The van der Waals surface area contributed by atoms with Crippen molar-refractivity contribution in [3.05, 3.63) is 23.8 Å². The summed E-state index contributed by atoms with van der Waals surface area (Å²) in [5.41, 5.74) is 0. The van der Waals surface area contributed by atoms with Crippen molar-refractivity contribution >= 4 is 0 Å². The Morgan fingerprint density at radius 2 is 2.11 bits per heavy atom. The Bertz CT molecular complexity index is 168. The van der Waals surface area contributed by atoms with Crippen LogP contribution in [0.4, 0.5) is 8.78 Å². The van der Waals surface area contributed by atoms with Crippen LogP contribution in [0.1, 0.15) is 13.3 Å². The third-order valence-corrected chi connectivity index (χ3v) is 1.33. The van der Waals surface area contributed by atoms with Crippen molar-refractivity contribution in [2.45, 2.75) is 13.3 Å². The molecule has 0 amide bonds. The fourth-order valence-electron chi connectivity index (χ4n) is 0.784. The largest absolute Gasteiger partial charge is 0.204 e. The van der Waals surface area contributed by atoms with Crippen LogP contribution in [0.15, 0.2) is 23.8 Å². The van der Waals surface area contributed by atoms with Gasteiger partial charge in [0.2, 0.25) is 0 Å². The van der Waals surface area contributed by atoms with E-state index in [-0.39, 0.29) is 5.92 Å². The molecule has 1 aliphatic rings. The van der Waals surface area contributed by atoms with Gasteiger partial charge in [-0.05, 0) is 24.5 Å². The van der Waals surface area contributed by atoms with Gasteiger partial charge in [0, 0.05) is 0 Å². The van der Waals surface area contributed by atoms with Gasteiger partial charge < -0.3 is 0 Å². The van der Waals surface area contributed by atoms with Crippen LogP contribution in [0.3, 0.4) is 0 Å². The normalized spacial score (nSPS) is 27.2. The second-order valence-corrected chi connectivity index (χ2v) is 2.28.